The molecule has 2 amide bonds. The zero-order valence-corrected chi connectivity index (χ0v) is 18.8. The first-order chi connectivity index (χ1) is 17.0. The van der Waals surface area contributed by atoms with Crippen molar-refractivity contribution in [2.24, 2.45) is 0 Å². The van der Waals surface area contributed by atoms with Crippen molar-refractivity contribution in [3.8, 4) is 11.1 Å². The van der Waals surface area contributed by atoms with Crippen molar-refractivity contribution < 1.29 is 29.0 Å². The van der Waals surface area contributed by atoms with Crippen LogP contribution in [0.1, 0.15) is 33.8 Å². The van der Waals surface area contributed by atoms with Gasteiger partial charge in [-0.2, -0.15) is 0 Å². The van der Waals surface area contributed by atoms with Gasteiger partial charge in [0.2, 0.25) is 0 Å². The summed E-state index contributed by atoms with van der Waals surface area (Å²) in [6.07, 6.45) is -1.01. The van der Waals surface area contributed by atoms with Gasteiger partial charge in [-0.3, -0.25) is 4.79 Å². The zero-order valence-electron chi connectivity index (χ0n) is 18.8. The van der Waals surface area contributed by atoms with Crippen molar-refractivity contribution in [2.75, 3.05) is 18.5 Å². The lowest BCUT2D eigenvalue weighted by atomic mass is 9.98. The van der Waals surface area contributed by atoms with Gasteiger partial charge in [0.05, 0.1) is 11.6 Å². The van der Waals surface area contributed by atoms with E-state index >= 15 is 0 Å². The van der Waals surface area contributed by atoms with Gasteiger partial charge >= 0.3 is 12.1 Å². The van der Waals surface area contributed by atoms with Gasteiger partial charge in [-0.15, -0.1) is 0 Å². The van der Waals surface area contributed by atoms with Crippen LogP contribution in [0.15, 0.2) is 72.8 Å². The summed E-state index contributed by atoms with van der Waals surface area (Å²) in [7, 11) is 0. The highest BCUT2D eigenvalue weighted by atomic mass is 16.6. The highest BCUT2D eigenvalue weighted by Gasteiger charge is 2.36. The first-order valence-electron chi connectivity index (χ1n) is 11.4. The Kier molecular flexibility index (Phi) is 6.20. The molecule has 0 unspecified atom stereocenters. The first-order valence-corrected chi connectivity index (χ1v) is 11.4. The highest BCUT2D eigenvalue weighted by molar-refractivity contribution is 5.96. The molecule has 0 bridgehead atoms. The van der Waals surface area contributed by atoms with Crippen molar-refractivity contribution in [1.82, 2.24) is 5.32 Å². The third-order valence-electron chi connectivity index (χ3n) is 6.40. The van der Waals surface area contributed by atoms with Crippen LogP contribution in [-0.2, 0) is 14.3 Å². The fourth-order valence-electron chi connectivity index (χ4n) is 4.70. The molecule has 1 aliphatic carbocycles. The number of fused-ring (bicyclic) bond motifs is 3. The van der Waals surface area contributed by atoms with Crippen molar-refractivity contribution in [2.45, 2.75) is 24.5 Å². The Morgan fingerprint density at radius 1 is 0.914 bits per heavy atom. The van der Waals surface area contributed by atoms with Crippen LogP contribution in [0.4, 0.5) is 10.5 Å². The molecule has 0 radical (unpaired) electrons. The minimum atomic E-state index is -1.05. The third kappa shape index (κ3) is 4.61. The van der Waals surface area contributed by atoms with Gasteiger partial charge in [0.1, 0.15) is 6.61 Å². The fourth-order valence-corrected chi connectivity index (χ4v) is 4.70. The van der Waals surface area contributed by atoms with Crippen molar-refractivity contribution in [3.63, 3.8) is 0 Å². The Balaban J connectivity index is 1.19. The van der Waals surface area contributed by atoms with E-state index in [0.717, 1.165) is 22.3 Å². The van der Waals surface area contributed by atoms with E-state index in [4.69, 9.17) is 14.6 Å². The van der Waals surface area contributed by atoms with Gasteiger partial charge in [0.15, 0.2) is 6.10 Å². The fraction of sp³-hybridized carbons (Fsp3) is 0.222. The number of rotatable bonds is 6. The van der Waals surface area contributed by atoms with Crippen LogP contribution in [0.3, 0.4) is 0 Å². The maximum absolute atomic E-state index is 12.7. The molecule has 3 aromatic rings. The first kappa shape index (κ1) is 22.6. The standard InChI is InChI=1S/C27H24N2O6/c30-25(28-17-11-9-16(10-12-17)26(31)32)24-23(13-14-34-24)29-27(33)35-15-22-20-7-3-1-5-18(20)19-6-2-4-8-21(19)22/h1-12,22-24H,13-15H2,(H,28,30)(H,29,33)(H,31,32)/t23-,24+/m0/s1. The minimum absolute atomic E-state index is 0.0548. The quantitative estimate of drug-likeness (QED) is 0.499. The molecule has 5 rings (SSSR count). The van der Waals surface area contributed by atoms with Gasteiger partial charge in [-0.05, 0) is 52.9 Å². The molecule has 0 aromatic heterocycles. The number of hydrogen-bond donors (Lipinski definition) is 3. The van der Waals surface area contributed by atoms with E-state index in [2.05, 4.69) is 34.9 Å². The van der Waals surface area contributed by atoms with E-state index in [1.54, 1.807) is 0 Å². The lowest BCUT2D eigenvalue weighted by molar-refractivity contribution is -0.125. The summed E-state index contributed by atoms with van der Waals surface area (Å²) in [5.74, 6) is -1.52. The van der Waals surface area contributed by atoms with Gasteiger partial charge in [0, 0.05) is 18.2 Å². The Morgan fingerprint density at radius 3 is 2.17 bits per heavy atom. The summed E-state index contributed by atoms with van der Waals surface area (Å²) < 4.78 is 11.1. The van der Waals surface area contributed by atoms with Crippen LogP contribution in [-0.4, -0.2) is 48.4 Å². The summed E-state index contributed by atoms with van der Waals surface area (Å²) in [6.45, 7) is 0.505. The van der Waals surface area contributed by atoms with Gasteiger partial charge in [0.25, 0.3) is 5.91 Å². The van der Waals surface area contributed by atoms with Crippen molar-refractivity contribution in [3.05, 3.63) is 89.5 Å². The molecule has 0 saturated carbocycles. The van der Waals surface area contributed by atoms with Crippen LogP contribution in [0, 0.1) is 0 Å². The lowest BCUT2D eigenvalue weighted by Crippen LogP contribution is -2.46. The number of benzene rings is 3. The molecule has 1 fully saturated rings. The Morgan fingerprint density at radius 2 is 1.54 bits per heavy atom. The van der Waals surface area contributed by atoms with E-state index < -0.39 is 30.1 Å². The van der Waals surface area contributed by atoms with Crippen LogP contribution >= 0.6 is 0 Å². The second kappa shape index (κ2) is 9.60. The number of ether oxygens (including phenoxy) is 2. The SMILES string of the molecule is O=C(N[C@H]1CCO[C@H]1C(=O)Nc1ccc(C(=O)O)cc1)OCC1c2ccccc2-c2ccccc21. The molecular weight excluding hydrogens is 448 g/mol. The number of anilines is 1. The van der Waals surface area contributed by atoms with Gasteiger partial charge < -0.3 is 25.2 Å². The second-order valence-electron chi connectivity index (χ2n) is 8.53. The number of nitrogens with one attached hydrogen (secondary N) is 2. The maximum Gasteiger partial charge on any atom is 0.407 e. The van der Waals surface area contributed by atoms with Crippen molar-refractivity contribution in [1.29, 1.82) is 0 Å². The number of carboxylic acid groups (broad SMARTS) is 1. The Bertz CT molecular complexity index is 1230. The largest absolute Gasteiger partial charge is 0.478 e. The molecule has 178 valence electrons. The molecule has 2 atom stereocenters. The number of alkyl carbamates (subject to hydrolysis) is 1. The lowest BCUT2D eigenvalue weighted by Gasteiger charge is -2.20. The average molecular weight is 472 g/mol. The molecule has 3 N–H and O–H groups in total. The number of carbonyl (C=O) groups is 3. The molecule has 1 heterocycles. The van der Waals surface area contributed by atoms with E-state index in [-0.39, 0.29) is 18.1 Å². The van der Waals surface area contributed by atoms with Crippen LogP contribution in [0.25, 0.3) is 11.1 Å². The Labute approximate surface area is 201 Å². The third-order valence-corrected chi connectivity index (χ3v) is 6.40. The predicted molar refractivity (Wildman–Crippen MR) is 128 cm³/mol. The summed E-state index contributed by atoms with van der Waals surface area (Å²) in [5.41, 5.74) is 5.10. The molecule has 35 heavy (non-hydrogen) atoms. The van der Waals surface area contributed by atoms with Crippen LogP contribution in [0.2, 0.25) is 0 Å². The monoisotopic (exact) mass is 472 g/mol. The number of carboxylic acids is 1. The minimum Gasteiger partial charge on any atom is -0.478 e. The molecule has 0 spiro atoms. The Hall–Kier alpha value is -4.17. The topological polar surface area (TPSA) is 114 Å². The molecule has 3 aromatic carbocycles. The summed E-state index contributed by atoms with van der Waals surface area (Å²) in [6, 6.07) is 21.5. The van der Waals surface area contributed by atoms with E-state index in [9.17, 15) is 14.4 Å². The van der Waals surface area contributed by atoms with Gasteiger partial charge in [-0.1, -0.05) is 48.5 Å². The van der Waals surface area contributed by atoms with Crippen LogP contribution in [0.5, 0.6) is 0 Å². The number of aromatic carboxylic acids is 1. The number of amides is 2. The number of carbonyl (C=O) groups excluding carboxylic acids is 2. The highest BCUT2D eigenvalue weighted by Crippen LogP contribution is 2.44. The molecule has 1 aliphatic heterocycles. The van der Waals surface area contributed by atoms with Crippen molar-refractivity contribution >= 4 is 23.7 Å². The maximum atomic E-state index is 12.7. The molecule has 8 heteroatoms. The molecule has 2 aliphatic rings. The van der Waals surface area contributed by atoms with Crippen LogP contribution < -0.4 is 10.6 Å². The van der Waals surface area contributed by atoms with E-state index in [1.165, 1.54) is 24.3 Å². The van der Waals surface area contributed by atoms with E-state index in [0.29, 0.717) is 18.7 Å². The molecular formula is C27H24N2O6. The zero-order chi connectivity index (χ0) is 24.4. The van der Waals surface area contributed by atoms with E-state index in [1.807, 2.05) is 24.3 Å². The molecule has 8 nitrogen and oxygen atoms in total. The van der Waals surface area contributed by atoms with Gasteiger partial charge in [-0.25, -0.2) is 9.59 Å². The average Bonchev–Trinajstić information content (AvgIpc) is 3.45. The summed E-state index contributed by atoms with van der Waals surface area (Å²) >= 11 is 0. The molecule has 1 saturated heterocycles. The number of hydrogen-bond acceptors (Lipinski definition) is 5. The predicted octanol–water partition coefficient (Wildman–Crippen LogP) is 4.02. The normalized spacial score (nSPS) is 18.4. The summed E-state index contributed by atoms with van der Waals surface area (Å²) in [5, 5.41) is 14.5. The summed E-state index contributed by atoms with van der Waals surface area (Å²) in [4.78, 5) is 36.3. The smallest absolute Gasteiger partial charge is 0.407 e. The second-order valence-corrected chi connectivity index (χ2v) is 8.53.